The molecule has 1 saturated heterocycles. The molecule has 3 rings (SSSR count). The number of nitrogens with zero attached hydrogens (tertiary/aromatic N) is 4. The Bertz CT molecular complexity index is 602. The molecule has 3 heterocycles. The molecule has 126 valence electrons. The van der Waals surface area contributed by atoms with Gasteiger partial charge in [-0.05, 0) is 12.3 Å². The maximum absolute atomic E-state index is 12.4. The summed E-state index contributed by atoms with van der Waals surface area (Å²) in [5, 5.41) is 0. The smallest absolute Gasteiger partial charge is 0.225 e. The van der Waals surface area contributed by atoms with Crippen molar-refractivity contribution < 1.29 is 9.53 Å². The van der Waals surface area contributed by atoms with Crippen LogP contribution in [0.15, 0.2) is 6.20 Å². The van der Waals surface area contributed by atoms with Gasteiger partial charge in [0.05, 0.1) is 24.3 Å². The average molecular weight is 318 g/mol. The molecule has 0 aromatic carbocycles. The molecule has 2 aliphatic heterocycles. The third kappa shape index (κ3) is 3.04. The summed E-state index contributed by atoms with van der Waals surface area (Å²) in [5.41, 5.74) is 1.95. The van der Waals surface area contributed by atoms with Crippen molar-refractivity contribution in [2.45, 2.75) is 38.7 Å². The monoisotopic (exact) mass is 318 g/mol. The minimum atomic E-state index is -0.173. The van der Waals surface area contributed by atoms with Gasteiger partial charge >= 0.3 is 0 Å². The van der Waals surface area contributed by atoms with Crippen LogP contribution in [0.2, 0.25) is 0 Å². The number of carbonyl (C=O) groups is 1. The molecule has 0 saturated carbocycles. The van der Waals surface area contributed by atoms with Crippen molar-refractivity contribution in [3.05, 3.63) is 17.5 Å². The fraction of sp³-hybridized carbons (Fsp3) is 0.706. The Morgan fingerprint density at radius 2 is 2.26 bits per heavy atom. The van der Waals surface area contributed by atoms with E-state index >= 15 is 0 Å². The number of anilines is 1. The number of fused-ring (bicyclic) bond motifs is 2. The maximum Gasteiger partial charge on any atom is 0.225 e. The first-order valence-corrected chi connectivity index (χ1v) is 8.30. The Morgan fingerprint density at radius 3 is 2.96 bits per heavy atom. The Hall–Kier alpha value is -1.69. The molecule has 0 radical (unpaired) electrons. The summed E-state index contributed by atoms with van der Waals surface area (Å²) in [6, 6.07) is 0. The van der Waals surface area contributed by atoms with Crippen molar-refractivity contribution in [2.75, 3.05) is 38.7 Å². The summed E-state index contributed by atoms with van der Waals surface area (Å²) in [5.74, 6) is 1.35. The van der Waals surface area contributed by atoms with Crippen LogP contribution in [0, 0.1) is 5.92 Å². The van der Waals surface area contributed by atoms with Crippen LogP contribution in [-0.4, -0.2) is 54.6 Å². The second kappa shape index (κ2) is 6.07. The minimum Gasteiger partial charge on any atom is -0.376 e. The molecule has 1 aromatic heterocycles. The van der Waals surface area contributed by atoms with Gasteiger partial charge in [0.1, 0.15) is 0 Å². The van der Waals surface area contributed by atoms with E-state index in [-0.39, 0.29) is 11.3 Å². The van der Waals surface area contributed by atoms with Crippen molar-refractivity contribution >= 4 is 11.9 Å². The van der Waals surface area contributed by atoms with Crippen molar-refractivity contribution in [1.82, 2.24) is 14.9 Å². The molecular weight excluding hydrogens is 292 g/mol. The van der Waals surface area contributed by atoms with Gasteiger partial charge in [-0.25, -0.2) is 9.97 Å². The van der Waals surface area contributed by atoms with E-state index in [4.69, 9.17) is 9.72 Å². The largest absolute Gasteiger partial charge is 0.376 e. The highest BCUT2D eigenvalue weighted by Gasteiger charge is 2.46. The van der Waals surface area contributed by atoms with Crippen LogP contribution in [-0.2, 0) is 21.6 Å². The standard InChI is InChI=1S/C17H26N4O2/c1-12(2)7-14(22)21-6-5-17(10-21)11-23-9-13-8-18-16(20(3)4)19-15(13)17/h8,12H,5-7,9-11H2,1-4H3/t17-/m1/s1. The number of ether oxygens (including phenoxy) is 1. The number of hydrogen-bond donors (Lipinski definition) is 0. The lowest BCUT2D eigenvalue weighted by Gasteiger charge is -2.34. The summed E-state index contributed by atoms with van der Waals surface area (Å²) in [6.07, 6.45) is 3.39. The molecule has 0 bridgehead atoms. The third-order valence-electron chi connectivity index (χ3n) is 4.68. The molecule has 0 unspecified atom stereocenters. The van der Waals surface area contributed by atoms with E-state index < -0.39 is 0 Å². The fourth-order valence-electron chi connectivity index (χ4n) is 3.48. The Labute approximate surface area is 137 Å². The molecule has 2 aliphatic rings. The van der Waals surface area contributed by atoms with Gasteiger partial charge in [0.2, 0.25) is 11.9 Å². The first-order valence-electron chi connectivity index (χ1n) is 8.30. The second-order valence-electron chi connectivity index (χ2n) is 7.37. The fourth-order valence-corrected chi connectivity index (χ4v) is 3.48. The average Bonchev–Trinajstić information content (AvgIpc) is 2.92. The Kier molecular flexibility index (Phi) is 4.27. The summed E-state index contributed by atoms with van der Waals surface area (Å²) in [7, 11) is 3.89. The van der Waals surface area contributed by atoms with Crippen LogP contribution in [0.25, 0.3) is 0 Å². The highest BCUT2D eigenvalue weighted by atomic mass is 16.5. The quantitative estimate of drug-likeness (QED) is 0.847. The lowest BCUT2D eigenvalue weighted by Crippen LogP contribution is -2.42. The molecule has 0 aliphatic carbocycles. The molecule has 0 N–H and O–H groups in total. The zero-order chi connectivity index (χ0) is 16.6. The van der Waals surface area contributed by atoms with Crippen molar-refractivity contribution in [1.29, 1.82) is 0 Å². The van der Waals surface area contributed by atoms with Gasteiger partial charge in [-0.2, -0.15) is 0 Å². The van der Waals surface area contributed by atoms with Gasteiger partial charge in [-0.1, -0.05) is 13.8 Å². The molecular formula is C17H26N4O2. The van der Waals surface area contributed by atoms with Gasteiger partial charge in [0.15, 0.2) is 0 Å². The highest BCUT2D eigenvalue weighted by Crippen LogP contribution is 2.39. The zero-order valence-electron chi connectivity index (χ0n) is 14.5. The van der Waals surface area contributed by atoms with E-state index in [2.05, 4.69) is 18.8 Å². The number of likely N-dealkylation sites (tertiary alicyclic amines) is 1. The first-order chi connectivity index (χ1) is 10.9. The van der Waals surface area contributed by atoms with Crippen LogP contribution in [0.1, 0.15) is 37.9 Å². The van der Waals surface area contributed by atoms with Gasteiger partial charge in [0, 0.05) is 45.4 Å². The van der Waals surface area contributed by atoms with Crippen molar-refractivity contribution in [2.24, 2.45) is 5.92 Å². The van der Waals surface area contributed by atoms with Crippen LogP contribution in [0.4, 0.5) is 5.95 Å². The number of carbonyl (C=O) groups excluding carboxylic acids is 1. The van der Waals surface area contributed by atoms with Crippen LogP contribution < -0.4 is 4.90 Å². The number of amides is 1. The lowest BCUT2D eigenvalue weighted by atomic mass is 9.80. The minimum absolute atomic E-state index is 0.173. The molecule has 1 fully saturated rings. The predicted molar refractivity (Wildman–Crippen MR) is 88.3 cm³/mol. The second-order valence-corrected chi connectivity index (χ2v) is 7.37. The van der Waals surface area contributed by atoms with Gasteiger partial charge in [0.25, 0.3) is 0 Å². The topological polar surface area (TPSA) is 58.6 Å². The first kappa shape index (κ1) is 16.2. The van der Waals surface area contributed by atoms with Gasteiger partial charge in [-0.15, -0.1) is 0 Å². The molecule has 1 amide bonds. The molecule has 6 heteroatoms. The number of rotatable bonds is 3. The van der Waals surface area contributed by atoms with Crippen molar-refractivity contribution in [3.63, 3.8) is 0 Å². The SMILES string of the molecule is CC(C)CC(=O)N1CC[C@]2(COCc3cnc(N(C)C)nc32)C1. The van der Waals surface area contributed by atoms with E-state index in [0.717, 1.165) is 30.2 Å². The van der Waals surface area contributed by atoms with E-state index in [1.807, 2.05) is 30.1 Å². The van der Waals surface area contributed by atoms with Crippen LogP contribution in [0.3, 0.4) is 0 Å². The molecule has 6 nitrogen and oxygen atoms in total. The summed E-state index contributed by atoms with van der Waals surface area (Å²) in [4.78, 5) is 25.5. The normalized spacial score (nSPS) is 23.4. The van der Waals surface area contributed by atoms with E-state index in [1.165, 1.54) is 0 Å². The van der Waals surface area contributed by atoms with Gasteiger partial charge in [-0.3, -0.25) is 4.79 Å². The molecule has 1 aromatic rings. The molecule has 1 spiro atoms. The Balaban J connectivity index is 1.87. The summed E-state index contributed by atoms with van der Waals surface area (Å²) in [6.45, 7) is 6.85. The molecule has 23 heavy (non-hydrogen) atoms. The third-order valence-corrected chi connectivity index (χ3v) is 4.68. The van der Waals surface area contributed by atoms with Gasteiger partial charge < -0.3 is 14.5 Å². The van der Waals surface area contributed by atoms with E-state index in [0.29, 0.717) is 32.1 Å². The van der Waals surface area contributed by atoms with Crippen molar-refractivity contribution in [3.8, 4) is 0 Å². The Morgan fingerprint density at radius 1 is 1.48 bits per heavy atom. The summed E-state index contributed by atoms with van der Waals surface area (Å²) >= 11 is 0. The maximum atomic E-state index is 12.4. The van der Waals surface area contributed by atoms with Crippen LogP contribution >= 0.6 is 0 Å². The predicted octanol–water partition coefficient (Wildman–Crippen LogP) is 1.59. The molecule has 1 atom stereocenters. The summed E-state index contributed by atoms with van der Waals surface area (Å²) < 4.78 is 5.81. The van der Waals surface area contributed by atoms with E-state index in [9.17, 15) is 4.79 Å². The highest BCUT2D eigenvalue weighted by molar-refractivity contribution is 5.77. The number of aromatic nitrogens is 2. The zero-order valence-corrected chi connectivity index (χ0v) is 14.5. The lowest BCUT2D eigenvalue weighted by molar-refractivity contribution is -0.131. The van der Waals surface area contributed by atoms with E-state index in [1.54, 1.807) is 0 Å². The number of hydrogen-bond acceptors (Lipinski definition) is 5. The van der Waals surface area contributed by atoms with Crippen LogP contribution in [0.5, 0.6) is 0 Å².